The number of thiophene rings is 1. The predicted molar refractivity (Wildman–Crippen MR) is 106 cm³/mol. The molecule has 0 aliphatic heterocycles. The monoisotopic (exact) mass is 366 g/mol. The van der Waals surface area contributed by atoms with Crippen LogP contribution in [0.25, 0.3) is 0 Å². The van der Waals surface area contributed by atoms with Crippen LogP contribution in [0.3, 0.4) is 0 Å². The van der Waals surface area contributed by atoms with Crippen LogP contribution in [0.1, 0.15) is 21.3 Å². The van der Waals surface area contributed by atoms with Gasteiger partial charge in [0.25, 0.3) is 5.91 Å². The lowest BCUT2D eigenvalue weighted by Crippen LogP contribution is -2.34. The van der Waals surface area contributed by atoms with E-state index in [0.29, 0.717) is 23.6 Å². The average molecular weight is 366 g/mol. The van der Waals surface area contributed by atoms with E-state index in [1.807, 2.05) is 68.7 Å². The molecule has 26 heavy (non-hydrogen) atoms. The summed E-state index contributed by atoms with van der Waals surface area (Å²) in [6, 6.07) is 21.0. The van der Waals surface area contributed by atoms with Gasteiger partial charge in [0.05, 0.1) is 11.6 Å². The molecule has 134 valence electrons. The number of rotatable bonds is 7. The minimum atomic E-state index is -0.139. The summed E-state index contributed by atoms with van der Waals surface area (Å²) in [4.78, 5) is 16.1. The third kappa shape index (κ3) is 4.50. The van der Waals surface area contributed by atoms with Crippen LogP contribution in [0, 0.1) is 0 Å². The fourth-order valence-electron chi connectivity index (χ4n) is 2.66. The molecule has 1 N–H and O–H groups in total. The molecular formula is C21H22N2O2S. The van der Waals surface area contributed by atoms with Gasteiger partial charge in [-0.05, 0) is 49.8 Å². The zero-order valence-corrected chi connectivity index (χ0v) is 15.7. The minimum absolute atomic E-state index is 0.139. The van der Waals surface area contributed by atoms with E-state index in [1.54, 1.807) is 17.4 Å². The Morgan fingerprint density at radius 3 is 2.46 bits per heavy atom. The molecule has 3 aromatic rings. The molecule has 1 aromatic heterocycles. The highest BCUT2D eigenvalue weighted by Crippen LogP contribution is 2.26. The van der Waals surface area contributed by atoms with Crippen molar-refractivity contribution in [2.45, 2.75) is 6.04 Å². The molecule has 0 aliphatic rings. The van der Waals surface area contributed by atoms with Crippen LogP contribution in [-0.4, -0.2) is 31.4 Å². The van der Waals surface area contributed by atoms with E-state index in [4.69, 9.17) is 4.74 Å². The van der Waals surface area contributed by atoms with Gasteiger partial charge in [-0.1, -0.05) is 36.4 Å². The molecule has 3 rings (SSSR count). The van der Waals surface area contributed by atoms with Crippen LogP contribution < -0.4 is 10.1 Å². The molecule has 1 heterocycles. The van der Waals surface area contributed by atoms with Gasteiger partial charge in [0.15, 0.2) is 0 Å². The Hall–Kier alpha value is -2.63. The van der Waals surface area contributed by atoms with E-state index in [0.717, 1.165) is 0 Å². The normalized spacial score (nSPS) is 12.0. The van der Waals surface area contributed by atoms with Gasteiger partial charge >= 0.3 is 0 Å². The first-order valence-corrected chi connectivity index (χ1v) is 9.33. The van der Waals surface area contributed by atoms with Crippen molar-refractivity contribution in [3.63, 3.8) is 0 Å². The molecule has 1 amide bonds. The topological polar surface area (TPSA) is 41.6 Å². The van der Waals surface area contributed by atoms with E-state index in [-0.39, 0.29) is 11.9 Å². The summed E-state index contributed by atoms with van der Waals surface area (Å²) < 4.78 is 5.89. The molecule has 0 bridgehead atoms. The summed E-state index contributed by atoms with van der Waals surface area (Å²) >= 11 is 1.69. The van der Waals surface area contributed by atoms with Crippen LogP contribution in [0.5, 0.6) is 11.5 Å². The Balaban J connectivity index is 1.72. The molecule has 4 nitrogen and oxygen atoms in total. The molecule has 0 radical (unpaired) electrons. The molecular weight excluding hydrogens is 344 g/mol. The van der Waals surface area contributed by atoms with Gasteiger partial charge in [-0.25, -0.2) is 0 Å². The lowest BCUT2D eigenvalue weighted by atomic mass is 10.1. The van der Waals surface area contributed by atoms with E-state index in [1.165, 1.54) is 4.88 Å². The Kier molecular flexibility index (Phi) is 6.04. The molecule has 0 saturated heterocycles. The number of carbonyl (C=O) groups excluding carboxylic acids is 1. The minimum Gasteiger partial charge on any atom is -0.457 e. The van der Waals surface area contributed by atoms with Crippen molar-refractivity contribution in [3.05, 3.63) is 82.6 Å². The molecule has 2 aromatic carbocycles. The first-order chi connectivity index (χ1) is 12.6. The first kappa shape index (κ1) is 18.2. The van der Waals surface area contributed by atoms with E-state index in [2.05, 4.69) is 21.7 Å². The van der Waals surface area contributed by atoms with Crippen molar-refractivity contribution < 1.29 is 9.53 Å². The standard InChI is InChI=1S/C21H22N2O2S/c1-23(2)18(20-13-8-14-26-20)15-22-21(24)17-11-6-7-12-19(17)25-16-9-4-3-5-10-16/h3-14,18H,15H2,1-2H3,(H,22,24)/t18-/m1/s1. The van der Waals surface area contributed by atoms with E-state index >= 15 is 0 Å². The fraction of sp³-hybridized carbons (Fsp3) is 0.190. The molecule has 1 atom stereocenters. The maximum atomic E-state index is 12.7. The molecule has 0 fully saturated rings. The molecule has 0 aliphatic carbocycles. The summed E-state index contributed by atoms with van der Waals surface area (Å²) in [6.45, 7) is 0.534. The Morgan fingerprint density at radius 2 is 1.77 bits per heavy atom. The van der Waals surface area contributed by atoms with Gasteiger partial charge in [-0.15, -0.1) is 11.3 Å². The highest BCUT2D eigenvalue weighted by atomic mass is 32.1. The maximum Gasteiger partial charge on any atom is 0.255 e. The second-order valence-electron chi connectivity index (χ2n) is 6.12. The summed E-state index contributed by atoms with van der Waals surface area (Å²) in [5.74, 6) is 1.12. The number of hydrogen-bond acceptors (Lipinski definition) is 4. The van der Waals surface area contributed by atoms with E-state index < -0.39 is 0 Å². The number of ether oxygens (including phenoxy) is 1. The lowest BCUT2D eigenvalue weighted by Gasteiger charge is -2.23. The summed E-state index contributed by atoms with van der Waals surface area (Å²) in [7, 11) is 4.03. The quantitative estimate of drug-likeness (QED) is 0.666. The number of nitrogens with one attached hydrogen (secondary N) is 1. The van der Waals surface area contributed by atoms with Crippen molar-refractivity contribution in [2.24, 2.45) is 0 Å². The van der Waals surface area contributed by atoms with Gasteiger partial charge in [-0.2, -0.15) is 0 Å². The average Bonchev–Trinajstić information content (AvgIpc) is 3.17. The lowest BCUT2D eigenvalue weighted by molar-refractivity contribution is 0.0940. The molecule has 5 heteroatoms. The number of likely N-dealkylation sites (N-methyl/N-ethyl adjacent to an activating group) is 1. The van der Waals surface area contributed by atoms with Gasteiger partial charge in [0.2, 0.25) is 0 Å². The van der Waals surface area contributed by atoms with Gasteiger partial charge in [0.1, 0.15) is 11.5 Å². The summed E-state index contributed by atoms with van der Waals surface area (Å²) in [5.41, 5.74) is 0.528. The van der Waals surface area contributed by atoms with E-state index in [9.17, 15) is 4.79 Å². The van der Waals surface area contributed by atoms with Crippen molar-refractivity contribution in [1.29, 1.82) is 0 Å². The number of amides is 1. The van der Waals surface area contributed by atoms with Crippen molar-refractivity contribution in [1.82, 2.24) is 10.2 Å². The maximum absolute atomic E-state index is 12.7. The zero-order chi connectivity index (χ0) is 18.4. The Labute approximate surface area is 158 Å². The summed E-state index contributed by atoms with van der Waals surface area (Å²) in [5, 5.41) is 5.09. The largest absolute Gasteiger partial charge is 0.457 e. The van der Waals surface area contributed by atoms with Crippen molar-refractivity contribution >= 4 is 17.2 Å². The van der Waals surface area contributed by atoms with Crippen LogP contribution in [-0.2, 0) is 0 Å². The number of carbonyl (C=O) groups is 1. The van der Waals surface area contributed by atoms with Gasteiger partial charge in [-0.3, -0.25) is 4.79 Å². The van der Waals surface area contributed by atoms with Crippen molar-refractivity contribution in [3.8, 4) is 11.5 Å². The Morgan fingerprint density at radius 1 is 1.04 bits per heavy atom. The van der Waals surface area contributed by atoms with Crippen LogP contribution in [0.2, 0.25) is 0 Å². The number of benzene rings is 2. The molecule has 0 unspecified atom stereocenters. The Bertz CT molecular complexity index is 832. The zero-order valence-electron chi connectivity index (χ0n) is 14.9. The third-order valence-corrected chi connectivity index (χ3v) is 5.03. The first-order valence-electron chi connectivity index (χ1n) is 8.45. The van der Waals surface area contributed by atoms with Gasteiger partial charge in [0, 0.05) is 11.4 Å². The van der Waals surface area contributed by atoms with Crippen LogP contribution in [0.15, 0.2) is 72.1 Å². The van der Waals surface area contributed by atoms with Crippen molar-refractivity contribution in [2.75, 3.05) is 20.6 Å². The smallest absolute Gasteiger partial charge is 0.255 e. The molecule has 0 saturated carbocycles. The third-order valence-electron chi connectivity index (χ3n) is 4.05. The van der Waals surface area contributed by atoms with Crippen LogP contribution in [0.4, 0.5) is 0 Å². The fourth-order valence-corrected chi connectivity index (χ4v) is 3.58. The van der Waals surface area contributed by atoms with Crippen LogP contribution >= 0.6 is 11.3 Å². The predicted octanol–water partition coefficient (Wildman–Crippen LogP) is 4.57. The highest BCUT2D eigenvalue weighted by molar-refractivity contribution is 7.10. The highest BCUT2D eigenvalue weighted by Gasteiger charge is 2.18. The second-order valence-corrected chi connectivity index (χ2v) is 7.10. The molecule has 0 spiro atoms. The van der Waals surface area contributed by atoms with Gasteiger partial charge < -0.3 is 15.0 Å². The number of nitrogens with zero attached hydrogens (tertiary/aromatic N) is 1. The number of hydrogen-bond donors (Lipinski definition) is 1. The SMILES string of the molecule is CN(C)[C@H](CNC(=O)c1ccccc1Oc1ccccc1)c1cccs1. The second kappa shape index (κ2) is 8.65. The number of para-hydroxylation sites is 2. The summed E-state index contributed by atoms with van der Waals surface area (Å²) in [6.07, 6.45) is 0.